The largest absolute Gasteiger partial charge is 0.453 e. The van der Waals surface area contributed by atoms with Crippen molar-refractivity contribution in [2.75, 3.05) is 38.2 Å². The SMILES string of the molecule is COC(=O)N1CCN(c2ccc(C3(C(N)=O)CC3)cc2)CC1. The van der Waals surface area contributed by atoms with Crippen molar-refractivity contribution >= 4 is 17.7 Å². The highest BCUT2D eigenvalue weighted by atomic mass is 16.5. The van der Waals surface area contributed by atoms with E-state index in [-0.39, 0.29) is 12.0 Å². The van der Waals surface area contributed by atoms with Crippen LogP contribution in [-0.2, 0) is 14.9 Å². The lowest BCUT2D eigenvalue weighted by Crippen LogP contribution is -2.48. The van der Waals surface area contributed by atoms with Crippen molar-refractivity contribution < 1.29 is 14.3 Å². The number of hydrogen-bond donors (Lipinski definition) is 1. The molecule has 1 aliphatic heterocycles. The van der Waals surface area contributed by atoms with Crippen molar-refractivity contribution in [3.05, 3.63) is 29.8 Å². The van der Waals surface area contributed by atoms with Gasteiger partial charge in [-0.2, -0.15) is 0 Å². The molecule has 2 fully saturated rings. The smallest absolute Gasteiger partial charge is 0.409 e. The lowest BCUT2D eigenvalue weighted by molar-refractivity contribution is -0.120. The summed E-state index contributed by atoms with van der Waals surface area (Å²) in [5.74, 6) is -0.230. The molecule has 2 amide bonds. The monoisotopic (exact) mass is 303 g/mol. The number of methoxy groups -OCH3 is 1. The van der Waals surface area contributed by atoms with Gasteiger partial charge in [-0.25, -0.2) is 4.79 Å². The summed E-state index contributed by atoms with van der Waals surface area (Å²) in [5.41, 5.74) is 7.19. The number of amides is 2. The Morgan fingerprint density at radius 2 is 1.68 bits per heavy atom. The number of piperazine rings is 1. The van der Waals surface area contributed by atoms with Gasteiger partial charge in [-0.05, 0) is 30.5 Å². The summed E-state index contributed by atoms with van der Waals surface area (Å²) in [7, 11) is 1.40. The Hall–Kier alpha value is -2.24. The molecule has 0 atom stereocenters. The van der Waals surface area contributed by atoms with E-state index in [1.165, 1.54) is 7.11 Å². The molecule has 1 saturated carbocycles. The van der Waals surface area contributed by atoms with Gasteiger partial charge in [0.2, 0.25) is 5.91 Å². The van der Waals surface area contributed by atoms with Gasteiger partial charge in [-0.15, -0.1) is 0 Å². The lowest BCUT2D eigenvalue weighted by Gasteiger charge is -2.35. The van der Waals surface area contributed by atoms with Crippen LogP contribution < -0.4 is 10.6 Å². The number of carbonyl (C=O) groups is 2. The first-order valence-corrected chi connectivity index (χ1v) is 7.55. The second-order valence-electron chi connectivity index (χ2n) is 5.94. The highest BCUT2D eigenvalue weighted by Crippen LogP contribution is 2.48. The Kier molecular flexibility index (Phi) is 3.68. The molecule has 6 heteroatoms. The first kappa shape index (κ1) is 14.7. The molecule has 3 rings (SSSR count). The predicted octanol–water partition coefficient (Wildman–Crippen LogP) is 1.09. The Bertz CT molecular complexity index is 573. The molecule has 1 aromatic rings. The molecule has 2 N–H and O–H groups in total. The van der Waals surface area contributed by atoms with Crippen molar-refractivity contribution in [2.24, 2.45) is 5.73 Å². The zero-order valence-electron chi connectivity index (χ0n) is 12.7. The van der Waals surface area contributed by atoms with Gasteiger partial charge < -0.3 is 20.3 Å². The van der Waals surface area contributed by atoms with Gasteiger partial charge in [0.05, 0.1) is 12.5 Å². The fourth-order valence-electron chi connectivity index (χ4n) is 3.07. The van der Waals surface area contributed by atoms with Crippen LogP contribution in [0.4, 0.5) is 10.5 Å². The summed E-state index contributed by atoms with van der Waals surface area (Å²) in [6, 6.07) is 8.07. The standard InChI is InChI=1S/C16H21N3O3/c1-22-15(21)19-10-8-18(9-11-19)13-4-2-12(3-5-13)16(6-7-16)14(17)20/h2-5H,6-11H2,1H3,(H2,17,20). The third-order valence-electron chi connectivity index (χ3n) is 4.72. The molecule has 22 heavy (non-hydrogen) atoms. The first-order valence-electron chi connectivity index (χ1n) is 7.55. The van der Waals surface area contributed by atoms with Crippen LogP contribution in [0.2, 0.25) is 0 Å². The number of anilines is 1. The maximum atomic E-state index is 11.6. The van der Waals surface area contributed by atoms with E-state index < -0.39 is 5.41 Å². The number of benzene rings is 1. The molecule has 6 nitrogen and oxygen atoms in total. The zero-order valence-corrected chi connectivity index (χ0v) is 12.7. The first-order chi connectivity index (χ1) is 10.6. The number of rotatable bonds is 3. The molecule has 0 aromatic heterocycles. The van der Waals surface area contributed by atoms with Crippen molar-refractivity contribution in [1.29, 1.82) is 0 Å². The molecule has 1 heterocycles. The van der Waals surface area contributed by atoms with Crippen LogP contribution in [0.3, 0.4) is 0 Å². The predicted molar refractivity (Wildman–Crippen MR) is 82.7 cm³/mol. The van der Waals surface area contributed by atoms with E-state index in [0.717, 1.165) is 37.2 Å². The molecule has 1 saturated heterocycles. The molecule has 0 bridgehead atoms. The Morgan fingerprint density at radius 1 is 1.09 bits per heavy atom. The minimum Gasteiger partial charge on any atom is -0.453 e. The highest BCUT2D eigenvalue weighted by molar-refractivity contribution is 5.90. The quantitative estimate of drug-likeness (QED) is 0.907. The molecule has 2 aliphatic rings. The van der Waals surface area contributed by atoms with Crippen molar-refractivity contribution in [1.82, 2.24) is 4.90 Å². The van der Waals surface area contributed by atoms with Gasteiger partial charge in [0.15, 0.2) is 0 Å². The third-order valence-corrected chi connectivity index (χ3v) is 4.72. The average molecular weight is 303 g/mol. The molecule has 1 aliphatic carbocycles. The van der Waals surface area contributed by atoms with E-state index >= 15 is 0 Å². The second kappa shape index (κ2) is 5.51. The highest BCUT2D eigenvalue weighted by Gasteiger charge is 2.49. The minimum atomic E-state index is -0.428. The van der Waals surface area contributed by atoms with Crippen LogP contribution in [0.25, 0.3) is 0 Å². The molecule has 0 spiro atoms. The van der Waals surface area contributed by atoms with E-state index in [4.69, 9.17) is 10.5 Å². The maximum Gasteiger partial charge on any atom is 0.409 e. The van der Waals surface area contributed by atoms with Crippen LogP contribution in [0, 0.1) is 0 Å². The van der Waals surface area contributed by atoms with Gasteiger partial charge >= 0.3 is 6.09 Å². The van der Waals surface area contributed by atoms with Gasteiger partial charge in [0, 0.05) is 31.9 Å². The van der Waals surface area contributed by atoms with Crippen LogP contribution in [-0.4, -0.2) is 50.2 Å². The number of hydrogen-bond acceptors (Lipinski definition) is 4. The molecule has 0 unspecified atom stereocenters. The molecule has 0 radical (unpaired) electrons. The van der Waals surface area contributed by atoms with Gasteiger partial charge in [0.1, 0.15) is 0 Å². The Morgan fingerprint density at radius 3 is 2.14 bits per heavy atom. The summed E-state index contributed by atoms with van der Waals surface area (Å²) in [6.45, 7) is 2.85. The van der Waals surface area contributed by atoms with E-state index in [2.05, 4.69) is 4.90 Å². The maximum absolute atomic E-state index is 11.6. The third kappa shape index (κ3) is 2.49. The summed E-state index contributed by atoms with van der Waals surface area (Å²) >= 11 is 0. The topological polar surface area (TPSA) is 75.9 Å². The van der Waals surface area contributed by atoms with Crippen LogP contribution in [0.5, 0.6) is 0 Å². The fourth-order valence-corrected chi connectivity index (χ4v) is 3.07. The van der Waals surface area contributed by atoms with E-state index in [1.54, 1.807) is 4.90 Å². The summed E-state index contributed by atoms with van der Waals surface area (Å²) in [6.07, 6.45) is 1.42. The number of ether oxygens (including phenoxy) is 1. The van der Waals surface area contributed by atoms with Crippen LogP contribution in [0.15, 0.2) is 24.3 Å². The number of primary amides is 1. The number of nitrogens with two attached hydrogens (primary N) is 1. The lowest BCUT2D eigenvalue weighted by atomic mass is 9.95. The summed E-state index contributed by atoms with van der Waals surface area (Å²) < 4.78 is 4.74. The molecule has 1 aromatic carbocycles. The van der Waals surface area contributed by atoms with Gasteiger partial charge in [-0.1, -0.05) is 12.1 Å². The normalized spacial score (nSPS) is 19.7. The van der Waals surface area contributed by atoms with Crippen molar-refractivity contribution in [3.8, 4) is 0 Å². The Labute approximate surface area is 129 Å². The van der Waals surface area contributed by atoms with Crippen LogP contribution >= 0.6 is 0 Å². The molecular formula is C16H21N3O3. The van der Waals surface area contributed by atoms with Gasteiger partial charge in [-0.3, -0.25) is 4.79 Å². The fraction of sp³-hybridized carbons (Fsp3) is 0.500. The molecular weight excluding hydrogens is 282 g/mol. The second-order valence-corrected chi connectivity index (χ2v) is 5.94. The molecule has 118 valence electrons. The summed E-state index contributed by atoms with van der Waals surface area (Å²) in [4.78, 5) is 27.0. The van der Waals surface area contributed by atoms with E-state index in [0.29, 0.717) is 13.1 Å². The Balaban J connectivity index is 1.65. The average Bonchev–Trinajstić information content (AvgIpc) is 3.36. The van der Waals surface area contributed by atoms with Crippen molar-refractivity contribution in [3.63, 3.8) is 0 Å². The minimum absolute atomic E-state index is 0.230. The van der Waals surface area contributed by atoms with E-state index in [9.17, 15) is 9.59 Å². The van der Waals surface area contributed by atoms with Crippen LogP contribution in [0.1, 0.15) is 18.4 Å². The number of carbonyl (C=O) groups excluding carboxylic acids is 2. The number of nitrogens with zero attached hydrogens (tertiary/aromatic N) is 2. The van der Waals surface area contributed by atoms with Crippen molar-refractivity contribution in [2.45, 2.75) is 18.3 Å². The zero-order chi connectivity index (χ0) is 15.7. The summed E-state index contributed by atoms with van der Waals surface area (Å²) in [5, 5.41) is 0. The van der Waals surface area contributed by atoms with Gasteiger partial charge in [0.25, 0.3) is 0 Å². The van der Waals surface area contributed by atoms with E-state index in [1.807, 2.05) is 24.3 Å².